The van der Waals surface area contributed by atoms with E-state index in [4.69, 9.17) is 26.7 Å². The number of nitrogens with one attached hydrogen (secondary N) is 1. The van der Waals surface area contributed by atoms with Crippen molar-refractivity contribution in [1.29, 1.82) is 0 Å². The molecule has 2 aliphatic rings. The molecule has 1 unspecified atom stereocenters. The van der Waals surface area contributed by atoms with Crippen LogP contribution in [0.5, 0.6) is 0 Å². The number of aromatic carboxylic acids is 1. The highest BCUT2D eigenvalue weighted by molar-refractivity contribution is 7.84. The van der Waals surface area contributed by atoms with Crippen LogP contribution in [-0.2, 0) is 38.0 Å². The lowest BCUT2D eigenvalue weighted by atomic mass is 9.79. The molecule has 6 aromatic carbocycles. The molecule has 4 aromatic heterocycles. The lowest BCUT2D eigenvalue weighted by Gasteiger charge is -2.38. The van der Waals surface area contributed by atoms with Gasteiger partial charge in [0.25, 0.3) is 0 Å². The number of Topliss-reactive ketones (excluding diaryl/α,β-unsaturated/α-hetero) is 1. The summed E-state index contributed by atoms with van der Waals surface area (Å²) in [6.07, 6.45) is 9.66. The van der Waals surface area contributed by atoms with Gasteiger partial charge in [-0.25, -0.2) is 51.4 Å². The van der Waals surface area contributed by atoms with Crippen molar-refractivity contribution in [3.8, 4) is 11.4 Å². The van der Waals surface area contributed by atoms with Gasteiger partial charge >= 0.3 is 18.2 Å². The van der Waals surface area contributed by atoms with Gasteiger partial charge in [0.1, 0.15) is 34.3 Å². The van der Waals surface area contributed by atoms with Gasteiger partial charge in [-0.2, -0.15) is 15.1 Å². The van der Waals surface area contributed by atoms with Gasteiger partial charge < -0.3 is 31.8 Å². The Labute approximate surface area is 597 Å². The number of aryl methyl sites for hydroxylation is 2. The number of pyridine rings is 2. The molecule has 0 radical (unpaired) electrons. The Morgan fingerprint density at radius 3 is 1.64 bits per heavy atom. The molecule has 12 rings (SSSR count). The number of ether oxygens (including phenoxy) is 2. The van der Waals surface area contributed by atoms with E-state index < -0.39 is 67.8 Å². The van der Waals surface area contributed by atoms with Gasteiger partial charge in [-0.05, 0) is 219 Å². The molecular formula is C80H93F2N11O8S. The van der Waals surface area contributed by atoms with Crippen molar-refractivity contribution in [2.75, 3.05) is 16.4 Å². The van der Waals surface area contributed by atoms with E-state index >= 15 is 4.39 Å². The number of imide groups is 1. The predicted molar refractivity (Wildman–Crippen MR) is 399 cm³/mol. The molecule has 0 saturated heterocycles. The van der Waals surface area contributed by atoms with Crippen LogP contribution in [0, 0.1) is 37.3 Å². The number of benzene rings is 6. The maximum absolute atomic E-state index is 15.2. The van der Waals surface area contributed by atoms with E-state index in [2.05, 4.69) is 24.9 Å². The Bertz CT molecular complexity index is 4680. The van der Waals surface area contributed by atoms with E-state index in [0.717, 1.165) is 69.5 Å². The molecular weight excluding hydrogens is 1310 g/mol. The molecule has 2 aliphatic carbocycles. The fraction of sp³-hybridized carbons (Fsp3) is 0.350. The van der Waals surface area contributed by atoms with Crippen molar-refractivity contribution >= 4 is 73.8 Å². The topological polar surface area (TPSA) is 279 Å². The summed E-state index contributed by atoms with van der Waals surface area (Å²) in [7, 11) is -1.30. The molecule has 4 heterocycles. The SMILES string of the molecule is C.CC(C)(C)[S@@](=O)N[C@](CCC1CC1)(c1ccccc1)c1ccc(F)c(N)c1.Cc1cc(C(=O)Cc2cc(C(N)(CCC3CC3)c3ccccc3)ccc2F)n(-c2ccc3ccnc(N)c3c2)n1.Cc1cc(C(=O)O)n(-c2ccc3ccnc(N(C(=O)OC(C)(C)C)C(=O)OC(C)(C)C)c3c2)n1. The van der Waals surface area contributed by atoms with Crippen molar-refractivity contribution in [3.63, 3.8) is 0 Å². The van der Waals surface area contributed by atoms with Gasteiger partial charge in [-0.3, -0.25) is 4.79 Å². The summed E-state index contributed by atoms with van der Waals surface area (Å²) in [4.78, 5) is 60.8. The van der Waals surface area contributed by atoms with Gasteiger partial charge in [0, 0.05) is 29.6 Å². The van der Waals surface area contributed by atoms with Crippen molar-refractivity contribution in [3.05, 3.63) is 232 Å². The third-order valence-corrected chi connectivity index (χ3v) is 19.2. The molecule has 8 N–H and O–H groups in total. The molecule has 0 spiro atoms. The quantitative estimate of drug-likeness (QED) is 0.0372. The van der Waals surface area contributed by atoms with Gasteiger partial charge in [0.2, 0.25) is 0 Å². The normalized spacial score (nSPS) is 14.5. The number of halogens is 2. The minimum Gasteiger partial charge on any atom is -0.477 e. The van der Waals surface area contributed by atoms with Crippen LogP contribution in [0.1, 0.15) is 181 Å². The third-order valence-electron chi connectivity index (χ3n) is 17.6. The number of ketones is 1. The number of fused-ring (bicyclic) bond motifs is 2. The zero-order valence-electron chi connectivity index (χ0n) is 59.0. The number of carbonyl (C=O) groups is 4. The van der Waals surface area contributed by atoms with E-state index in [1.807, 2.05) is 113 Å². The lowest BCUT2D eigenvalue weighted by molar-refractivity contribution is 0.0428. The summed E-state index contributed by atoms with van der Waals surface area (Å²) in [6.45, 7) is 19.4. The highest BCUT2D eigenvalue weighted by atomic mass is 32.2. The van der Waals surface area contributed by atoms with Gasteiger partial charge in [-0.1, -0.05) is 124 Å². The second-order valence-electron chi connectivity index (χ2n) is 29.1. The minimum atomic E-state index is -1.30. The van der Waals surface area contributed by atoms with E-state index in [9.17, 15) is 32.9 Å². The van der Waals surface area contributed by atoms with Gasteiger partial charge in [0.15, 0.2) is 17.3 Å². The van der Waals surface area contributed by atoms with Crippen LogP contribution in [-0.4, -0.2) is 78.7 Å². The van der Waals surface area contributed by atoms with Crippen LogP contribution in [0.3, 0.4) is 0 Å². The van der Waals surface area contributed by atoms with Crippen LogP contribution in [0.4, 0.5) is 35.7 Å². The number of anilines is 3. The monoisotopic (exact) mass is 1410 g/mol. The number of nitrogens with two attached hydrogens (primary N) is 3. The van der Waals surface area contributed by atoms with Gasteiger partial charge in [-0.15, -0.1) is 0 Å². The van der Waals surface area contributed by atoms with Gasteiger partial charge in [0.05, 0.1) is 55.3 Å². The number of nitrogen functional groups attached to an aromatic ring is 2. The standard InChI is InChI=1S/C33H32FN5O.C24H28N4O6.C22H29FN2OS.CH4/c1-21-17-30(39(38-21)27-11-9-23-14-16-37-32(35)28(23)20-27)31(40)19-24-18-26(10-12-29(24)34)33(36,15-13-22-7-8-22)25-5-3-2-4-6-25;1-14-12-18(20(29)30)28(26-14)16-9-8-15-10-11-25-19(17(15)13-16)27(21(31)33-23(2,3)4)22(32)34-24(5,6)7;1-21(2,3)27(26)25-22(14-13-16-9-10-16,17-7-5-4-6-8-17)18-11-12-19(23)20(24)15-18;/h2-6,9-12,14,16-18,20,22H,7-8,13,15,19,36H2,1H3,(H2,35,37);8-13H,1-7H3,(H,29,30);4-8,11-12,15-16,25H,9-10,13-14,24H2,1-3H3;1H4/t;;22-,27-;/m..1./s1. The maximum Gasteiger partial charge on any atom is 0.425 e. The fourth-order valence-corrected chi connectivity index (χ4v) is 12.9. The zero-order chi connectivity index (χ0) is 72.9. The molecule has 10 aromatic rings. The van der Waals surface area contributed by atoms with Crippen molar-refractivity contribution in [2.45, 2.75) is 168 Å². The number of hydrogen-bond donors (Lipinski definition) is 5. The minimum absolute atomic E-state index is 0. The van der Waals surface area contributed by atoms with E-state index in [-0.39, 0.29) is 36.8 Å². The summed E-state index contributed by atoms with van der Waals surface area (Å²) < 4.78 is 59.0. The predicted octanol–water partition coefficient (Wildman–Crippen LogP) is 16.9. The number of rotatable bonds is 19. The van der Waals surface area contributed by atoms with E-state index in [0.29, 0.717) is 56.5 Å². The van der Waals surface area contributed by atoms with E-state index in [1.165, 1.54) is 54.8 Å². The van der Waals surface area contributed by atoms with Crippen LogP contribution in [0.15, 0.2) is 170 Å². The average Bonchev–Trinajstić information content (AvgIpc) is 1.45. The summed E-state index contributed by atoms with van der Waals surface area (Å²) >= 11 is 0. The Hall–Kier alpha value is -10.0. The number of aromatic nitrogens is 6. The van der Waals surface area contributed by atoms with Crippen LogP contribution in [0.25, 0.3) is 32.9 Å². The summed E-state index contributed by atoms with van der Waals surface area (Å²) in [5.41, 5.74) is 22.6. The molecule has 102 heavy (non-hydrogen) atoms. The van der Waals surface area contributed by atoms with Crippen LogP contribution < -0.4 is 26.8 Å². The number of nitrogens with zero attached hydrogens (tertiary/aromatic N) is 7. The molecule has 536 valence electrons. The number of carbonyl (C=O) groups excluding carboxylic acids is 3. The number of hydrogen-bond acceptors (Lipinski definition) is 14. The number of carboxylic acid groups (broad SMARTS) is 1. The molecule has 0 bridgehead atoms. The molecule has 22 heteroatoms. The van der Waals surface area contributed by atoms with Crippen molar-refractivity contribution < 1.29 is 46.7 Å². The van der Waals surface area contributed by atoms with Crippen molar-refractivity contribution in [2.24, 2.45) is 17.6 Å². The maximum atomic E-state index is 15.2. The third kappa shape index (κ3) is 18.4. The summed E-state index contributed by atoms with van der Waals surface area (Å²) in [5, 5.41) is 21.2. The smallest absolute Gasteiger partial charge is 0.425 e. The summed E-state index contributed by atoms with van der Waals surface area (Å²) in [5.74, 6) is -0.424. The molecule has 2 amide bonds. The fourth-order valence-electron chi connectivity index (χ4n) is 11.9. The van der Waals surface area contributed by atoms with E-state index in [1.54, 1.807) is 114 Å². The lowest BCUT2D eigenvalue weighted by Crippen LogP contribution is -2.49. The van der Waals surface area contributed by atoms with Crippen LogP contribution in [0.2, 0.25) is 0 Å². The van der Waals surface area contributed by atoms with Crippen LogP contribution >= 0.6 is 0 Å². The molecule has 2 fully saturated rings. The highest BCUT2D eigenvalue weighted by Gasteiger charge is 2.41. The largest absolute Gasteiger partial charge is 0.477 e. The first kappa shape index (κ1) is 76.2. The Balaban J connectivity index is 0.000000181. The first-order chi connectivity index (χ1) is 47.7. The summed E-state index contributed by atoms with van der Waals surface area (Å²) in [6, 6.07) is 47.2. The Morgan fingerprint density at radius 2 is 1.10 bits per heavy atom. The first-order valence-corrected chi connectivity index (χ1v) is 35.0. The highest BCUT2D eigenvalue weighted by Crippen LogP contribution is 2.44. The second kappa shape index (κ2) is 31.1. The zero-order valence-corrected chi connectivity index (χ0v) is 59.8. The molecule has 19 nitrogen and oxygen atoms in total. The molecule has 0 aliphatic heterocycles. The number of carboxylic acids is 1. The second-order valence-corrected chi connectivity index (χ2v) is 31.1. The van der Waals surface area contributed by atoms with Crippen molar-refractivity contribution in [1.82, 2.24) is 34.3 Å². The Morgan fingerprint density at radius 1 is 0.598 bits per heavy atom. The Kier molecular flexibility index (Phi) is 23.2. The molecule has 3 atom stereocenters. The molecule has 2 saturated carbocycles. The first-order valence-electron chi connectivity index (χ1n) is 33.8. The number of amides is 2. The average molecular weight is 1410 g/mol.